The fourth-order valence-electron chi connectivity index (χ4n) is 2.17. The lowest BCUT2D eigenvalue weighted by molar-refractivity contribution is -0.114. The normalized spacial score (nSPS) is 14.1. The Labute approximate surface area is 121 Å². The van der Waals surface area contributed by atoms with Gasteiger partial charge in [0.05, 0.1) is 16.3 Å². The number of carbonyl (C=O) groups excluding carboxylic acids is 2. The molecule has 1 N–H and O–H groups in total. The summed E-state index contributed by atoms with van der Waals surface area (Å²) in [6.07, 6.45) is 1.73. The van der Waals surface area contributed by atoms with E-state index in [2.05, 4.69) is 12.2 Å². The lowest BCUT2D eigenvalue weighted by Gasteiger charge is -2.16. The fraction of sp³-hybridized carbons (Fsp3) is 0.429. The minimum absolute atomic E-state index is 0.142. The van der Waals surface area contributed by atoms with Gasteiger partial charge in [-0.2, -0.15) is 0 Å². The number of nitrogens with one attached hydrogen (secondary N) is 1. The summed E-state index contributed by atoms with van der Waals surface area (Å²) in [5.74, 6) is -1.86. The van der Waals surface area contributed by atoms with Crippen molar-refractivity contribution in [3.8, 4) is 0 Å². The maximum absolute atomic E-state index is 13.5. The maximum atomic E-state index is 13.5. The molecule has 6 heteroatoms. The van der Waals surface area contributed by atoms with Gasteiger partial charge in [0.1, 0.15) is 5.82 Å². The quantitative estimate of drug-likeness (QED) is 0.648. The summed E-state index contributed by atoms with van der Waals surface area (Å²) in [5.41, 5.74) is 0.500. The first-order valence-corrected chi connectivity index (χ1v) is 7.00. The van der Waals surface area contributed by atoms with Crippen molar-refractivity contribution in [2.75, 3.05) is 24.5 Å². The molecule has 108 valence electrons. The van der Waals surface area contributed by atoms with E-state index >= 15 is 0 Å². The lowest BCUT2D eigenvalue weighted by atomic mass is 10.1. The Bertz CT molecular complexity index is 548. The molecular formula is C14H16ClFN2O2. The second-order valence-corrected chi connectivity index (χ2v) is 5.08. The van der Waals surface area contributed by atoms with Crippen molar-refractivity contribution in [3.05, 3.63) is 28.5 Å². The number of anilines is 1. The Morgan fingerprint density at radius 2 is 2.05 bits per heavy atom. The van der Waals surface area contributed by atoms with Crippen LogP contribution in [0.5, 0.6) is 0 Å². The van der Waals surface area contributed by atoms with Gasteiger partial charge in [0, 0.05) is 6.54 Å². The summed E-state index contributed by atoms with van der Waals surface area (Å²) in [6.45, 7) is 4.11. The first kappa shape index (κ1) is 14.9. The van der Waals surface area contributed by atoms with Gasteiger partial charge in [-0.25, -0.2) is 4.39 Å². The third-order valence-electron chi connectivity index (χ3n) is 3.18. The van der Waals surface area contributed by atoms with Crippen molar-refractivity contribution in [2.24, 2.45) is 0 Å². The smallest absolute Gasteiger partial charge is 0.299 e. The number of Topliss-reactive ketones (excluding diaryl/α,β-unsaturated/α-hetero) is 1. The zero-order valence-electron chi connectivity index (χ0n) is 11.2. The van der Waals surface area contributed by atoms with Crippen molar-refractivity contribution in [3.63, 3.8) is 0 Å². The highest BCUT2D eigenvalue weighted by molar-refractivity contribution is 6.52. The number of ketones is 1. The standard InChI is InChI=1S/C14H16ClFN2O2/c1-2-4-17-5-3-6-18-12-8-11(16)10(15)7-9(12)13(19)14(18)20/h7-8,17H,2-6H2,1H3. The molecule has 1 aliphatic heterocycles. The molecule has 2 rings (SSSR count). The van der Waals surface area contributed by atoms with Crippen LogP contribution in [0.1, 0.15) is 30.1 Å². The van der Waals surface area contributed by atoms with E-state index in [1.165, 1.54) is 11.0 Å². The predicted octanol–water partition coefficient (Wildman–Crippen LogP) is 2.40. The molecule has 0 fully saturated rings. The molecule has 0 aliphatic carbocycles. The highest BCUT2D eigenvalue weighted by Gasteiger charge is 2.36. The number of halogens is 2. The van der Waals surface area contributed by atoms with Gasteiger partial charge >= 0.3 is 0 Å². The van der Waals surface area contributed by atoms with E-state index in [0.717, 1.165) is 25.6 Å². The summed E-state index contributed by atoms with van der Waals surface area (Å²) in [7, 11) is 0. The van der Waals surface area contributed by atoms with E-state index in [0.29, 0.717) is 18.7 Å². The third kappa shape index (κ3) is 2.83. The zero-order chi connectivity index (χ0) is 14.7. The molecule has 0 spiro atoms. The highest BCUT2D eigenvalue weighted by Crippen LogP contribution is 2.33. The Morgan fingerprint density at radius 1 is 1.30 bits per heavy atom. The number of hydrogen-bond acceptors (Lipinski definition) is 3. The van der Waals surface area contributed by atoms with Gasteiger partial charge in [0.15, 0.2) is 0 Å². The monoisotopic (exact) mass is 298 g/mol. The summed E-state index contributed by atoms with van der Waals surface area (Å²) >= 11 is 5.65. The van der Waals surface area contributed by atoms with Crippen molar-refractivity contribution in [2.45, 2.75) is 19.8 Å². The molecular weight excluding hydrogens is 283 g/mol. The number of rotatable bonds is 6. The van der Waals surface area contributed by atoms with Crippen LogP contribution < -0.4 is 10.2 Å². The van der Waals surface area contributed by atoms with Crippen LogP contribution in [0.4, 0.5) is 10.1 Å². The van der Waals surface area contributed by atoms with Gasteiger partial charge < -0.3 is 10.2 Å². The largest absolute Gasteiger partial charge is 0.317 e. The first-order chi connectivity index (χ1) is 9.56. The van der Waals surface area contributed by atoms with Gasteiger partial charge in [-0.15, -0.1) is 0 Å². The average Bonchev–Trinajstić information content (AvgIpc) is 2.64. The van der Waals surface area contributed by atoms with Crippen molar-refractivity contribution in [1.29, 1.82) is 0 Å². The summed E-state index contributed by atoms with van der Waals surface area (Å²) in [5, 5.41) is 3.07. The van der Waals surface area contributed by atoms with Crippen LogP contribution in [0.2, 0.25) is 5.02 Å². The second-order valence-electron chi connectivity index (χ2n) is 4.67. The van der Waals surface area contributed by atoms with Crippen LogP contribution in [0.15, 0.2) is 12.1 Å². The third-order valence-corrected chi connectivity index (χ3v) is 3.47. The molecule has 1 heterocycles. The van der Waals surface area contributed by atoms with E-state index < -0.39 is 17.5 Å². The lowest BCUT2D eigenvalue weighted by Crippen LogP contribution is -2.32. The SMILES string of the molecule is CCCNCCCN1C(=O)C(=O)c2cc(Cl)c(F)cc21. The van der Waals surface area contributed by atoms with Gasteiger partial charge in [-0.1, -0.05) is 18.5 Å². The number of hydrogen-bond donors (Lipinski definition) is 1. The van der Waals surface area contributed by atoms with Crippen molar-refractivity contribution in [1.82, 2.24) is 5.32 Å². The number of nitrogens with zero attached hydrogens (tertiary/aromatic N) is 1. The molecule has 0 bridgehead atoms. The summed E-state index contributed by atoms with van der Waals surface area (Å²) < 4.78 is 13.5. The van der Waals surface area contributed by atoms with Crippen LogP contribution in [0, 0.1) is 5.82 Å². The van der Waals surface area contributed by atoms with E-state index in [4.69, 9.17) is 11.6 Å². The van der Waals surface area contributed by atoms with Gasteiger partial charge in [0.2, 0.25) is 0 Å². The zero-order valence-corrected chi connectivity index (χ0v) is 12.0. The van der Waals surface area contributed by atoms with Crippen molar-refractivity contribution < 1.29 is 14.0 Å². The molecule has 0 aromatic heterocycles. The number of fused-ring (bicyclic) bond motifs is 1. The van der Waals surface area contributed by atoms with Crippen LogP contribution in [-0.4, -0.2) is 31.3 Å². The van der Waals surface area contributed by atoms with E-state index in [9.17, 15) is 14.0 Å². The molecule has 1 aromatic rings. The number of benzene rings is 1. The number of carbonyl (C=O) groups is 2. The average molecular weight is 299 g/mol. The molecule has 0 saturated heterocycles. The molecule has 1 aromatic carbocycles. The molecule has 1 aliphatic rings. The summed E-state index contributed by atoms with van der Waals surface area (Å²) in [6, 6.07) is 2.38. The molecule has 0 atom stereocenters. The molecule has 0 radical (unpaired) electrons. The van der Waals surface area contributed by atoms with Crippen LogP contribution >= 0.6 is 11.6 Å². The molecule has 0 unspecified atom stereocenters. The van der Waals surface area contributed by atoms with Crippen LogP contribution in [-0.2, 0) is 4.79 Å². The number of amides is 1. The van der Waals surface area contributed by atoms with E-state index in [1.807, 2.05) is 0 Å². The van der Waals surface area contributed by atoms with Crippen molar-refractivity contribution >= 4 is 29.0 Å². The Morgan fingerprint density at radius 3 is 2.75 bits per heavy atom. The Hall–Kier alpha value is -1.46. The Balaban J connectivity index is 2.10. The van der Waals surface area contributed by atoms with E-state index in [1.54, 1.807) is 0 Å². The molecule has 1 amide bonds. The molecule has 4 nitrogen and oxygen atoms in total. The predicted molar refractivity (Wildman–Crippen MR) is 75.9 cm³/mol. The Kier molecular flexibility index (Phi) is 4.73. The summed E-state index contributed by atoms with van der Waals surface area (Å²) in [4.78, 5) is 25.0. The second kappa shape index (κ2) is 6.33. The van der Waals surface area contributed by atoms with Crippen LogP contribution in [0.3, 0.4) is 0 Å². The minimum Gasteiger partial charge on any atom is -0.317 e. The highest BCUT2D eigenvalue weighted by atomic mass is 35.5. The first-order valence-electron chi connectivity index (χ1n) is 6.62. The molecule has 20 heavy (non-hydrogen) atoms. The minimum atomic E-state index is -0.623. The topological polar surface area (TPSA) is 49.4 Å². The van der Waals surface area contributed by atoms with Crippen LogP contribution in [0.25, 0.3) is 0 Å². The van der Waals surface area contributed by atoms with Gasteiger partial charge in [0.25, 0.3) is 11.7 Å². The van der Waals surface area contributed by atoms with Gasteiger partial charge in [-0.3, -0.25) is 9.59 Å². The van der Waals surface area contributed by atoms with Gasteiger partial charge in [-0.05, 0) is 38.1 Å². The maximum Gasteiger partial charge on any atom is 0.299 e. The van der Waals surface area contributed by atoms with E-state index in [-0.39, 0.29) is 10.6 Å². The fourth-order valence-corrected chi connectivity index (χ4v) is 2.34. The molecule has 0 saturated carbocycles.